The molecular formula is C27H18ClF4N3O6S. The summed E-state index contributed by atoms with van der Waals surface area (Å²) in [6.45, 7) is 1.28. The van der Waals surface area contributed by atoms with E-state index in [4.69, 9.17) is 16.3 Å². The second-order valence-corrected chi connectivity index (χ2v) is 10.7. The number of benzene rings is 3. The maximum absolute atomic E-state index is 13.4. The van der Waals surface area contributed by atoms with Crippen molar-refractivity contribution >= 4 is 44.9 Å². The number of carboxylic acids is 1. The quantitative estimate of drug-likeness (QED) is 0.185. The lowest BCUT2D eigenvalue weighted by atomic mass is 10.1. The fraction of sp³-hybridized carbons (Fsp3) is 0.0741. The molecule has 0 aliphatic carbocycles. The van der Waals surface area contributed by atoms with Crippen molar-refractivity contribution in [2.45, 2.75) is 18.0 Å². The molecule has 0 radical (unpaired) electrons. The molecule has 9 nitrogen and oxygen atoms in total. The number of hydrogen-bond donors (Lipinski definition) is 3. The van der Waals surface area contributed by atoms with E-state index in [1.807, 2.05) is 0 Å². The lowest BCUT2D eigenvalue weighted by molar-refractivity contribution is -0.141. The summed E-state index contributed by atoms with van der Waals surface area (Å²) in [5.74, 6) is -2.74. The normalized spacial score (nSPS) is 11.6. The molecule has 0 unspecified atom stereocenters. The van der Waals surface area contributed by atoms with Crippen LogP contribution < -0.4 is 14.8 Å². The van der Waals surface area contributed by atoms with Crippen molar-refractivity contribution in [1.82, 2.24) is 4.98 Å². The smallest absolute Gasteiger partial charge is 0.433 e. The van der Waals surface area contributed by atoms with Gasteiger partial charge < -0.3 is 15.2 Å². The van der Waals surface area contributed by atoms with Crippen LogP contribution in [0.25, 0.3) is 0 Å². The van der Waals surface area contributed by atoms with Gasteiger partial charge in [-0.25, -0.2) is 22.6 Å². The number of sulfonamides is 1. The number of ether oxygens (including phenoxy) is 1. The fourth-order valence-electron chi connectivity index (χ4n) is 3.60. The highest BCUT2D eigenvalue weighted by molar-refractivity contribution is 7.92. The van der Waals surface area contributed by atoms with Crippen LogP contribution in [0.15, 0.2) is 77.7 Å². The van der Waals surface area contributed by atoms with Crippen molar-refractivity contribution in [3.8, 4) is 11.5 Å². The molecule has 0 saturated carbocycles. The highest BCUT2D eigenvalue weighted by Gasteiger charge is 2.33. The van der Waals surface area contributed by atoms with E-state index >= 15 is 0 Å². The number of anilines is 2. The first-order valence-electron chi connectivity index (χ1n) is 11.6. The topological polar surface area (TPSA) is 135 Å². The van der Waals surface area contributed by atoms with Gasteiger partial charge in [0.1, 0.15) is 23.0 Å². The Morgan fingerprint density at radius 2 is 1.60 bits per heavy atom. The molecule has 1 heterocycles. The average Bonchev–Trinajstić information content (AvgIpc) is 2.91. The molecule has 0 aliphatic rings. The first-order chi connectivity index (χ1) is 19.6. The third-order valence-electron chi connectivity index (χ3n) is 5.64. The van der Waals surface area contributed by atoms with Crippen LogP contribution in [0.4, 0.5) is 28.9 Å². The van der Waals surface area contributed by atoms with Crippen LogP contribution in [0.2, 0.25) is 5.02 Å². The van der Waals surface area contributed by atoms with Crippen LogP contribution in [0, 0.1) is 12.7 Å². The van der Waals surface area contributed by atoms with Crippen LogP contribution in [-0.2, 0) is 16.2 Å². The van der Waals surface area contributed by atoms with Gasteiger partial charge in [0.05, 0.1) is 32.4 Å². The molecular weight excluding hydrogens is 606 g/mol. The van der Waals surface area contributed by atoms with Gasteiger partial charge in [0.2, 0.25) is 0 Å². The Balaban J connectivity index is 1.47. The van der Waals surface area contributed by atoms with Gasteiger partial charge in [-0.3, -0.25) is 9.52 Å². The van der Waals surface area contributed by atoms with E-state index in [9.17, 15) is 40.7 Å². The summed E-state index contributed by atoms with van der Waals surface area (Å²) in [6, 6.07) is 13.7. The highest BCUT2D eigenvalue weighted by Crippen LogP contribution is 2.31. The molecule has 4 aromatic rings. The lowest BCUT2D eigenvalue weighted by Gasteiger charge is -2.13. The minimum atomic E-state index is -4.64. The van der Waals surface area contributed by atoms with E-state index in [1.54, 1.807) is 0 Å². The van der Waals surface area contributed by atoms with Gasteiger partial charge in [-0.05, 0) is 79.7 Å². The molecule has 15 heteroatoms. The van der Waals surface area contributed by atoms with Gasteiger partial charge in [-0.15, -0.1) is 0 Å². The van der Waals surface area contributed by atoms with Crippen LogP contribution in [0.5, 0.6) is 11.5 Å². The van der Waals surface area contributed by atoms with Crippen molar-refractivity contribution < 1.29 is 45.4 Å². The van der Waals surface area contributed by atoms with Crippen molar-refractivity contribution in [3.63, 3.8) is 0 Å². The summed E-state index contributed by atoms with van der Waals surface area (Å²) >= 11 is 5.65. The van der Waals surface area contributed by atoms with Gasteiger partial charge in [0.15, 0.2) is 0 Å². The summed E-state index contributed by atoms with van der Waals surface area (Å²) in [6.07, 6.45) is -4.64. The fourth-order valence-corrected chi connectivity index (χ4v) is 4.95. The second-order valence-electron chi connectivity index (χ2n) is 8.60. The van der Waals surface area contributed by atoms with Crippen LogP contribution in [0.1, 0.15) is 32.1 Å². The van der Waals surface area contributed by atoms with Gasteiger partial charge in [0, 0.05) is 5.69 Å². The molecule has 0 bridgehead atoms. The number of halogens is 5. The third kappa shape index (κ3) is 6.95. The predicted molar refractivity (Wildman–Crippen MR) is 144 cm³/mol. The third-order valence-corrected chi connectivity index (χ3v) is 7.29. The van der Waals surface area contributed by atoms with E-state index in [0.29, 0.717) is 6.07 Å². The maximum Gasteiger partial charge on any atom is 0.433 e. The zero-order valence-corrected chi connectivity index (χ0v) is 22.7. The van der Waals surface area contributed by atoms with Crippen molar-refractivity contribution in [2.75, 3.05) is 10.0 Å². The van der Waals surface area contributed by atoms with E-state index in [-0.39, 0.29) is 39.0 Å². The maximum atomic E-state index is 13.4. The number of aromatic carboxylic acids is 1. The Hall–Kier alpha value is -4.69. The van der Waals surface area contributed by atoms with Gasteiger partial charge in [0.25, 0.3) is 15.9 Å². The summed E-state index contributed by atoms with van der Waals surface area (Å²) < 4.78 is 85.1. The van der Waals surface area contributed by atoms with Crippen LogP contribution in [-0.4, -0.2) is 30.4 Å². The van der Waals surface area contributed by atoms with Crippen LogP contribution >= 0.6 is 11.6 Å². The van der Waals surface area contributed by atoms with Gasteiger partial charge >= 0.3 is 12.1 Å². The molecule has 0 fully saturated rings. The molecule has 0 atom stereocenters. The Kier molecular flexibility index (Phi) is 8.40. The Labute approximate surface area is 240 Å². The molecule has 0 aliphatic heterocycles. The summed E-state index contributed by atoms with van der Waals surface area (Å²) in [5, 5.41) is 11.7. The minimum absolute atomic E-state index is 0.0309. The number of pyridine rings is 1. The summed E-state index contributed by atoms with van der Waals surface area (Å²) in [4.78, 5) is 27.4. The molecule has 218 valence electrons. The minimum Gasteiger partial charge on any atom is -0.478 e. The number of carbonyl (C=O) groups is 2. The number of amides is 1. The molecule has 1 amide bonds. The zero-order chi connectivity index (χ0) is 30.8. The second kappa shape index (κ2) is 11.7. The molecule has 4 rings (SSSR count). The molecule has 0 saturated heterocycles. The molecule has 1 aromatic heterocycles. The number of aryl methyl sites for hydroxylation is 1. The molecule has 0 spiro atoms. The number of aromatic nitrogens is 1. The van der Waals surface area contributed by atoms with Crippen molar-refractivity contribution in [1.29, 1.82) is 0 Å². The van der Waals surface area contributed by atoms with Gasteiger partial charge in [-0.1, -0.05) is 11.6 Å². The van der Waals surface area contributed by atoms with E-state index in [1.165, 1.54) is 37.3 Å². The largest absolute Gasteiger partial charge is 0.478 e. The average molecular weight is 624 g/mol. The molecule has 3 aromatic carbocycles. The number of alkyl halides is 3. The SMILES string of the molecule is Cc1nc(C(F)(F)F)ccc1C(=O)Nc1ccc(Oc2ccc(NS(=O)(=O)c3ccc(F)c(Cl)c3)c(C(=O)O)c2)cc1. The van der Waals surface area contributed by atoms with E-state index in [0.717, 1.165) is 36.4 Å². The Morgan fingerprint density at radius 1 is 0.929 bits per heavy atom. The number of carboxylic acid groups (broad SMARTS) is 1. The number of nitrogens with one attached hydrogen (secondary N) is 2. The molecule has 42 heavy (non-hydrogen) atoms. The number of hydrogen-bond acceptors (Lipinski definition) is 6. The first-order valence-corrected chi connectivity index (χ1v) is 13.5. The van der Waals surface area contributed by atoms with E-state index < -0.39 is 50.2 Å². The standard InChI is InChI=1S/C27H18ClF4N3O6S/c1-14-19(8-11-24(33-14)27(30,31)32)25(36)34-15-2-4-16(5-3-15)41-17-6-10-23(20(12-17)26(37)38)35-42(39,40)18-7-9-22(29)21(28)13-18/h2-13,35H,1H3,(H,34,36)(H,37,38). The van der Waals surface area contributed by atoms with Crippen LogP contribution in [0.3, 0.4) is 0 Å². The molecule has 3 N–H and O–H groups in total. The highest BCUT2D eigenvalue weighted by atomic mass is 35.5. The Morgan fingerprint density at radius 3 is 2.19 bits per heavy atom. The first kappa shape index (κ1) is 30.3. The lowest BCUT2D eigenvalue weighted by Crippen LogP contribution is -2.16. The summed E-state index contributed by atoms with van der Waals surface area (Å²) in [5.41, 5.74) is -1.74. The predicted octanol–water partition coefficient (Wildman–Crippen LogP) is 6.74. The number of rotatable bonds is 8. The Bertz CT molecular complexity index is 1800. The number of nitrogens with zero attached hydrogens (tertiary/aromatic N) is 1. The van der Waals surface area contributed by atoms with Crippen molar-refractivity contribution in [2.24, 2.45) is 0 Å². The monoisotopic (exact) mass is 623 g/mol. The zero-order valence-electron chi connectivity index (χ0n) is 21.2. The van der Waals surface area contributed by atoms with E-state index in [2.05, 4.69) is 15.0 Å². The summed E-state index contributed by atoms with van der Waals surface area (Å²) in [7, 11) is -4.32. The van der Waals surface area contributed by atoms with Crippen molar-refractivity contribution in [3.05, 3.63) is 106 Å². The number of carbonyl (C=O) groups excluding carboxylic acids is 1. The van der Waals surface area contributed by atoms with Gasteiger partial charge in [-0.2, -0.15) is 13.2 Å².